The van der Waals surface area contributed by atoms with Gasteiger partial charge in [0.25, 0.3) is 0 Å². The molecule has 0 spiro atoms. The van der Waals surface area contributed by atoms with Crippen molar-refractivity contribution in [2.24, 2.45) is 5.92 Å². The minimum absolute atomic E-state index is 0.351. The lowest BCUT2D eigenvalue weighted by atomic mass is 10.0. The predicted molar refractivity (Wildman–Crippen MR) is 70.6 cm³/mol. The van der Waals surface area contributed by atoms with E-state index >= 15 is 0 Å². The molecule has 88 valence electrons. The highest BCUT2D eigenvalue weighted by Crippen LogP contribution is 2.25. The summed E-state index contributed by atoms with van der Waals surface area (Å²) >= 11 is 3.40. The monoisotopic (exact) mass is 284 g/mol. The van der Waals surface area contributed by atoms with Crippen LogP contribution >= 0.6 is 15.9 Å². The lowest BCUT2D eigenvalue weighted by molar-refractivity contribution is 0.108. The highest BCUT2D eigenvalue weighted by molar-refractivity contribution is 9.10. The molecule has 0 aliphatic carbocycles. The summed E-state index contributed by atoms with van der Waals surface area (Å²) in [5, 5.41) is 3.39. The number of hydrogen-bond acceptors (Lipinski definition) is 3. The molecular weight excluding hydrogens is 268 g/mol. The molecule has 1 aromatic carbocycles. The van der Waals surface area contributed by atoms with Gasteiger partial charge in [0.05, 0.1) is 17.5 Å². The molecule has 1 aliphatic rings. The largest absolute Gasteiger partial charge is 0.397 e. The van der Waals surface area contributed by atoms with Gasteiger partial charge in [0.1, 0.15) is 0 Å². The number of ether oxygens (including phenoxy) is 1. The Morgan fingerprint density at radius 1 is 1.56 bits per heavy atom. The van der Waals surface area contributed by atoms with Crippen molar-refractivity contribution in [2.75, 3.05) is 24.2 Å². The number of nitrogen functional groups attached to an aromatic ring is 1. The maximum absolute atomic E-state index is 5.92. The Morgan fingerprint density at radius 2 is 2.38 bits per heavy atom. The lowest BCUT2D eigenvalue weighted by Gasteiger charge is -2.16. The van der Waals surface area contributed by atoms with E-state index in [1.54, 1.807) is 0 Å². The van der Waals surface area contributed by atoms with Crippen molar-refractivity contribution in [3.63, 3.8) is 0 Å². The molecule has 2 unspecified atom stereocenters. The van der Waals surface area contributed by atoms with Gasteiger partial charge in [0, 0.05) is 23.5 Å². The summed E-state index contributed by atoms with van der Waals surface area (Å²) in [5.41, 5.74) is 7.70. The third-order valence-electron chi connectivity index (χ3n) is 3.10. The van der Waals surface area contributed by atoms with Gasteiger partial charge in [-0.3, -0.25) is 0 Å². The van der Waals surface area contributed by atoms with Crippen LogP contribution in [0.5, 0.6) is 0 Å². The molecule has 0 amide bonds. The quantitative estimate of drug-likeness (QED) is 0.839. The van der Waals surface area contributed by atoms with Crippen molar-refractivity contribution in [3.8, 4) is 0 Å². The fourth-order valence-electron chi connectivity index (χ4n) is 1.98. The summed E-state index contributed by atoms with van der Waals surface area (Å²) in [4.78, 5) is 0. The summed E-state index contributed by atoms with van der Waals surface area (Å²) < 4.78 is 6.53. The number of rotatable bonds is 3. The van der Waals surface area contributed by atoms with Crippen LogP contribution < -0.4 is 11.1 Å². The predicted octanol–water partition coefficient (Wildman–Crippen LogP) is 2.87. The number of hydrogen-bond donors (Lipinski definition) is 2. The molecule has 4 heteroatoms. The van der Waals surface area contributed by atoms with Gasteiger partial charge >= 0.3 is 0 Å². The molecule has 1 fully saturated rings. The molecule has 0 bridgehead atoms. The number of nitrogens with one attached hydrogen (secondary N) is 1. The van der Waals surface area contributed by atoms with Gasteiger partial charge in [-0.2, -0.15) is 0 Å². The molecule has 1 aromatic rings. The smallest absolute Gasteiger partial charge is 0.0592 e. The van der Waals surface area contributed by atoms with E-state index in [2.05, 4.69) is 28.2 Å². The number of benzene rings is 1. The van der Waals surface area contributed by atoms with Gasteiger partial charge in [-0.05, 0) is 31.5 Å². The van der Waals surface area contributed by atoms with Crippen LogP contribution in [0.1, 0.15) is 13.3 Å². The molecule has 0 aromatic heterocycles. The Labute approximate surface area is 104 Å². The van der Waals surface area contributed by atoms with Gasteiger partial charge in [0.2, 0.25) is 0 Å². The van der Waals surface area contributed by atoms with E-state index in [4.69, 9.17) is 10.5 Å². The summed E-state index contributed by atoms with van der Waals surface area (Å²) in [6.45, 7) is 3.93. The molecule has 2 rings (SSSR count). The molecular formula is C12H17BrN2O. The molecule has 1 heterocycles. The zero-order valence-electron chi connectivity index (χ0n) is 9.37. The molecule has 3 nitrogen and oxygen atoms in total. The zero-order valence-corrected chi connectivity index (χ0v) is 11.0. The van der Waals surface area contributed by atoms with E-state index in [1.165, 1.54) is 0 Å². The molecule has 0 saturated carbocycles. The van der Waals surface area contributed by atoms with E-state index in [-0.39, 0.29) is 0 Å². The fraction of sp³-hybridized carbons (Fsp3) is 0.500. The summed E-state index contributed by atoms with van der Waals surface area (Å²) in [6, 6.07) is 5.91. The first-order valence-electron chi connectivity index (χ1n) is 5.57. The van der Waals surface area contributed by atoms with Crippen molar-refractivity contribution in [3.05, 3.63) is 22.7 Å². The third kappa shape index (κ3) is 2.68. The van der Waals surface area contributed by atoms with Gasteiger partial charge in [-0.15, -0.1) is 0 Å². The topological polar surface area (TPSA) is 47.3 Å². The molecule has 0 radical (unpaired) electrons. The Hall–Kier alpha value is -0.740. The van der Waals surface area contributed by atoms with E-state index in [9.17, 15) is 0 Å². The second-order valence-corrected chi connectivity index (χ2v) is 5.15. The van der Waals surface area contributed by atoms with Crippen LogP contribution in [-0.4, -0.2) is 19.3 Å². The van der Waals surface area contributed by atoms with E-state index in [1.807, 2.05) is 18.2 Å². The highest BCUT2D eigenvalue weighted by Gasteiger charge is 2.23. The second kappa shape index (κ2) is 5.06. The zero-order chi connectivity index (χ0) is 11.5. The van der Waals surface area contributed by atoms with Gasteiger partial charge in [-0.25, -0.2) is 0 Å². The van der Waals surface area contributed by atoms with Gasteiger partial charge in [0.15, 0.2) is 0 Å². The summed E-state index contributed by atoms with van der Waals surface area (Å²) in [7, 11) is 0. The van der Waals surface area contributed by atoms with Crippen LogP contribution in [0.15, 0.2) is 22.7 Å². The summed E-state index contributed by atoms with van der Waals surface area (Å²) in [6.07, 6.45) is 1.48. The van der Waals surface area contributed by atoms with Crippen molar-refractivity contribution in [1.29, 1.82) is 0 Å². The highest BCUT2D eigenvalue weighted by atomic mass is 79.9. The first kappa shape index (κ1) is 11.7. The van der Waals surface area contributed by atoms with Crippen LogP contribution in [0.3, 0.4) is 0 Å². The summed E-state index contributed by atoms with van der Waals surface area (Å²) in [5.74, 6) is 0.586. The second-order valence-electron chi connectivity index (χ2n) is 4.24. The standard InChI is InChI=1S/C12H17BrN2O/c1-8-9(4-5-16-8)7-15-12-3-2-10(13)6-11(12)14/h2-3,6,8-9,15H,4-5,7,14H2,1H3. The van der Waals surface area contributed by atoms with Crippen LogP contribution in [0.2, 0.25) is 0 Å². The maximum atomic E-state index is 5.92. The van der Waals surface area contributed by atoms with E-state index in [0.29, 0.717) is 12.0 Å². The van der Waals surface area contributed by atoms with Crippen LogP contribution in [0, 0.1) is 5.92 Å². The number of halogens is 1. The third-order valence-corrected chi connectivity index (χ3v) is 3.59. The van der Waals surface area contributed by atoms with Crippen molar-refractivity contribution < 1.29 is 4.74 Å². The lowest BCUT2D eigenvalue weighted by Crippen LogP contribution is -2.21. The Balaban J connectivity index is 1.94. The average molecular weight is 285 g/mol. The van der Waals surface area contributed by atoms with Crippen LogP contribution in [-0.2, 0) is 4.74 Å². The van der Waals surface area contributed by atoms with Crippen LogP contribution in [0.25, 0.3) is 0 Å². The van der Waals surface area contributed by atoms with Crippen molar-refractivity contribution in [1.82, 2.24) is 0 Å². The van der Waals surface area contributed by atoms with E-state index < -0.39 is 0 Å². The van der Waals surface area contributed by atoms with Crippen molar-refractivity contribution >= 4 is 27.3 Å². The van der Waals surface area contributed by atoms with E-state index in [0.717, 1.165) is 35.4 Å². The number of anilines is 2. The first-order valence-corrected chi connectivity index (χ1v) is 6.36. The molecule has 3 N–H and O–H groups in total. The Morgan fingerprint density at radius 3 is 3.00 bits per heavy atom. The Kier molecular flexibility index (Phi) is 3.71. The minimum Gasteiger partial charge on any atom is -0.397 e. The SMILES string of the molecule is CC1OCCC1CNc1ccc(Br)cc1N. The van der Waals surface area contributed by atoms with Gasteiger partial charge in [-0.1, -0.05) is 15.9 Å². The van der Waals surface area contributed by atoms with Gasteiger partial charge < -0.3 is 15.8 Å². The number of nitrogens with two attached hydrogens (primary N) is 1. The molecule has 1 aliphatic heterocycles. The van der Waals surface area contributed by atoms with Crippen molar-refractivity contribution in [2.45, 2.75) is 19.4 Å². The maximum Gasteiger partial charge on any atom is 0.0592 e. The Bertz CT molecular complexity index is 370. The molecule has 2 atom stereocenters. The first-order chi connectivity index (χ1) is 7.66. The normalized spacial score (nSPS) is 24.6. The molecule has 1 saturated heterocycles. The minimum atomic E-state index is 0.351. The van der Waals surface area contributed by atoms with Crippen LogP contribution in [0.4, 0.5) is 11.4 Å². The average Bonchev–Trinajstić information content (AvgIpc) is 2.63. The molecule has 16 heavy (non-hydrogen) atoms. The fourth-order valence-corrected chi connectivity index (χ4v) is 2.36.